The number of nitrogens with zero attached hydrogens (tertiary/aromatic N) is 1. The normalized spacial score (nSPS) is 10.8. The minimum absolute atomic E-state index is 0.881. The second-order valence-electron chi connectivity index (χ2n) is 6.98. The molecule has 0 amide bonds. The van der Waals surface area contributed by atoms with E-state index >= 15 is 0 Å². The number of aromatic nitrogens is 2. The minimum Gasteiger partial charge on any atom is -0.337 e. The van der Waals surface area contributed by atoms with Gasteiger partial charge in [0.05, 0.1) is 11.4 Å². The van der Waals surface area contributed by atoms with Crippen molar-refractivity contribution in [1.29, 1.82) is 0 Å². The van der Waals surface area contributed by atoms with E-state index in [4.69, 9.17) is 4.98 Å². The molecule has 138 valence electrons. The Morgan fingerprint density at radius 2 is 0.862 bits per heavy atom. The molecule has 0 saturated carbocycles. The van der Waals surface area contributed by atoms with Crippen LogP contribution in [0.5, 0.6) is 0 Å². The molecule has 0 radical (unpaired) electrons. The van der Waals surface area contributed by atoms with Crippen LogP contribution >= 0.6 is 0 Å². The predicted octanol–water partition coefficient (Wildman–Crippen LogP) is 7.08. The molecule has 0 unspecified atom stereocenters. The van der Waals surface area contributed by atoms with Crippen LogP contribution in [0.2, 0.25) is 0 Å². The first kappa shape index (κ1) is 17.2. The lowest BCUT2D eigenvalue weighted by Gasteiger charge is -2.06. The van der Waals surface area contributed by atoms with Crippen LogP contribution in [0.15, 0.2) is 115 Å². The van der Waals surface area contributed by atoms with Crippen LogP contribution in [0.3, 0.4) is 0 Å². The molecule has 0 bridgehead atoms. The summed E-state index contributed by atoms with van der Waals surface area (Å²) >= 11 is 0. The Kier molecular flexibility index (Phi) is 4.51. The van der Waals surface area contributed by atoms with E-state index in [1.165, 1.54) is 11.1 Å². The van der Waals surface area contributed by atoms with Gasteiger partial charge in [0.25, 0.3) is 0 Å². The first-order valence-electron chi connectivity index (χ1n) is 9.75. The van der Waals surface area contributed by atoms with Gasteiger partial charge >= 0.3 is 0 Å². The van der Waals surface area contributed by atoms with E-state index in [0.717, 1.165) is 33.9 Å². The van der Waals surface area contributed by atoms with E-state index in [9.17, 15) is 0 Å². The summed E-state index contributed by atoms with van der Waals surface area (Å²) in [5.74, 6) is 0.881. The molecule has 0 atom stereocenters. The Labute approximate surface area is 170 Å². The summed E-state index contributed by atoms with van der Waals surface area (Å²) < 4.78 is 0. The maximum atomic E-state index is 4.95. The highest BCUT2D eigenvalue weighted by Crippen LogP contribution is 2.34. The summed E-state index contributed by atoms with van der Waals surface area (Å²) in [7, 11) is 0. The highest BCUT2D eigenvalue weighted by atomic mass is 14.9. The quantitative estimate of drug-likeness (QED) is 0.359. The van der Waals surface area contributed by atoms with Gasteiger partial charge in [-0.25, -0.2) is 4.98 Å². The monoisotopic (exact) mass is 372 g/mol. The van der Waals surface area contributed by atoms with E-state index in [1.807, 2.05) is 30.3 Å². The van der Waals surface area contributed by atoms with Crippen molar-refractivity contribution in [3.05, 3.63) is 115 Å². The van der Waals surface area contributed by atoms with Gasteiger partial charge in [0, 0.05) is 16.7 Å². The standard InChI is InChI=1S/C27H20N2/c1-4-10-20(11-5-1)21-16-18-23(19-17-21)26-25(22-12-6-2-7-13-22)28-27(29-26)24-14-8-3-9-15-24/h1-19H,(H,28,29). The van der Waals surface area contributed by atoms with Gasteiger partial charge < -0.3 is 4.98 Å². The van der Waals surface area contributed by atoms with E-state index in [1.54, 1.807) is 0 Å². The molecule has 0 aliphatic rings. The average Bonchev–Trinajstić information content (AvgIpc) is 3.27. The topological polar surface area (TPSA) is 28.7 Å². The molecule has 1 N–H and O–H groups in total. The van der Waals surface area contributed by atoms with Gasteiger partial charge in [-0.05, 0) is 11.1 Å². The lowest BCUT2D eigenvalue weighted by Crippen LogP contribution is -1.84. The Balaban J connectivity index is 1.61. The number of hydrogen-bond acceptors (Lipinski definition) is 1. The van der Waals surface area contributed by atoms with Crippen molar-refractivity contribution in [2.75, 3.05) is 0 Å². The molecule has 2 nitrogen and oxygen atoms in total. The number of imidazole rings is 1. The van der Waals surface area contributed by atoms with Crippen molar-refractivity contribution in [2.45, 2.75) is 0 Å². The number of aromatic amines is 1. The molecule has 0 saturated heterocycles. The molecule has 29 heavy (non-hydrogen) atoms. The van der Waals surface area contributed by atoms with Gasteiger partial charge in [-0.3, -0.25) is 0 Å². The molecule has 5 aromatic rings. The number of nitrogens with one attached hydrogen (secondary N) is 1. The summed E-state index contributed by atoms with van der Waals surface area (Å²) in [6, 6.07) is 39.7. The third-order valence-electron chi connectivity index (χ3n) is 5.08. The Morgan fingerprint density at radius 1 is 0.414 bits per heavy atom. The van der Waals surface area contributed by atoms with Gasteiger partial charge in [0.15, 0.2) is 0 Å². The molecule has 0 spiro atoms. The summed E-state index contributed by atoms with van der Waals surface area (Å²) in [5, 5.41) is 0. The minimum atomic E-state index is 0.881. The zero-order valence-electron chi connectivity index (χ0n) is 15.9. The fourth-order valence-corrected chi connectivity index (χ4v) is 3.58. The van der Waals surface area contributed by atoms with Gasteiger partial charge in [-0.1, -0.05) is 115 Å². The molecule has 0 aliphatic heterocycles. The van der Waals surface area contributed by atoms with Crippen LogP contribution < -0.4 is 0 Å². The summed E-state index contributed by atoms with van der Waals surface area (Å²) in [5.41, 5.74) is 7.74. The van der Waals surface area contributed by atoms with Gasteiger partial charge in [0.2, 0.25) is 0 Å². The van der Waals surface area contributed by atoms with E-state index in [-0.39, 0.29) is 0 Å². The third kappa shape index (κ3) is 3.48. The van der Waals surface area contributed by atoms with Crippen LogP contribution in [0.25, 0.3) is 45.0 Å². The van der Waals surface area contributed by atoms with Crippen LogP contribution in [0.4, 0.5) is 0 Å². The van der Waals surface area contributed by atoms with Gasteiger partial charge in [-0.2, -0.15) is 0 Å². The SMILES string of the molecule is c1ccc(-c2ccc(-c3[nH]c(-c4ccccc4)nc3-c3ccccc3)cc2)cc1. The summed E-state index contributed by atoms with van der Waals surface area (Å²) in [4.78, 5) is 8.51. The molecule has 4 aromatic carbocycles. The highest BCUT2D eigenvalue weighted by molar-refractivity contribution is 5.82. The zero-order chi connectivity index (χ0) is 19.5. The van der Waals surface area contributed by atoms with Gasteiger partial charge in [0.1, 0.15) is 5.82 Å². The number of H-pyrrole nitrogens is 1. The van der Waals surface area contributed by atoms with Crippen molar-refractivity contribution in [3.8, 4) is 45.0 Å². The van der Waals surface area contributed by atoms with Crippen LogP contribution in [0, 0.1) is 0 Å². The molecule has 1 aromatic heterocycles. The first-order chi connectivity index (χ1) is 14.4. The summed E-state index contributed by atoms with van der Waals surface area (Å²) in [6.45, 7) is 0. The molecular weight excluding hydrogens is 352 g/mol. The average molecular weight is 372 g/mol. The van der Waals surface area contributed by atoms with Gasteiger partial charge in [-0.15, -0.1) is 0 Å². The Bertz CT molecular complexity index is 1210. The molecule has 0 aliphatic carbocycles. The smallest absolute Gasteiger partial charge is 0.138 e. The molecule has 1 heterocycles. The zero-order valence-corrected chi connectivity index (χ0v) is 15.9. The van der Waals surface area contributed by atoms with Crippen molar-refractivity contribution in [3.63, 3.8) is 0 Å². The Hall–Kier alpha value is -3.91. The van der Waals surface area contributed by atoms with Crippen molar-refractivity contribution >= 4 is 0 Å². The number of benzene rings is 4. The fourth-order valence-electron chi connectivity index (χ4n) is 3.58. The third-order valence-corrected chi connectivity index (χ3v) is 5.08. The van der Waals surface area contributed by atoms with Crippen molar-refractivity contribution in [2.24, 2.45) is 0 Å². The lowest BCUT2D eigenvalue weighted by molar-refractivity contribution is 1.31. The van der Waals surface area contributed by atoms with Crippen LogP contribution in [-0.4, -0.2) is 9.97 Å². The maximum absolute atomic E-state index is 4.95. The van der Waals surface area contributed by atoms with Crippen molar-refractivity contribution < 1.29 is 0 Å². The predicted molar refractivity (Wildman–Crippen MR) is 120 cm³/mol. The van der Waals surface area contributed by atoms with E-state index in [2.05, 4.69) is 89.9 Å². The first-order valence-corrected chi connectivity index (χ1v) is 9.75. The maximum Gasteiger partial charge on any atom is 0.138 e. The highest BCUT2D eigenvalue weighted by Gasteiger charge is 2.15. The van der Waals surface area contributed by atoms with E-state index in [0.29, 0.717) is 0 Å². The second-order valence-corrected chi connectivity index (χ2v) is 6.98. The molecule has 2 heteroatoms. The van der Waals surface area contributed by atoms with Crippen LogP contribution in [-0.2, 0) is 0 Å². The lowest BCUT2D eigenvalue weighted by atomic mass is 10.0. The van der Waals surface area contributed by atoms with E-state index < -0.39 is 0 Å². The fraction of sp³-hybridized carbons (Fsp3) is 0. The number of hydrogen-bond donors (Lipinski definition) is 1. The molecular formula is C27H20N2. The Morgan fingerprint density at radius 3 is 1.45 bits per heavy atom. The molecule has 0 fully saturated rings. The number of rotatable bonds is 4. The van der Waals surface area contributed by atoms with Crippen molar-refractivity contribution in [1.82, 2.24) is 9.97 Å². The molecule has 5 rings (SSSR count). The summed E-state index contributed by atoms with van der Waals surface area (Å²) in [6.07, 6.45) is 0. The van der Waals surface area contributed by atoms with Crippen LogP contribution in [0.1, 0.15) is 0 Å². The largest absolute Gasteiger partial charge is 0.337 e. The second kappa shape index (κ2) is 7.61.